The molecule has 2 rings (SSSR count). The van der Waals surface area contributed by atoms with Crippen LogP contribution in [0.1, 0.15) is 12.5 Å². The second-order valence-electron chi connectivity index (χ2n) is 4.64. The summed E-state index contributed by atoms with van der Waals surface area (Å²) in [5, 5.41) is 2.81. The minimum absolute atomic E-state index is 0.143. The Kier molecular flexibility index (Phi) is 4.79. The van der Waals surface area contributed by atoms with E-state index in [2.05, 4.69) is 5.32 Å². The number of fused-ring (bicyclic) bond motifs is 1. The minimum Gasteiger partial charge on any atom is -0.486 e. The third-order valence-electron chi connectivity index (χ3n) is 3.14. The van der Waals surface area contributed by atoms with Gasteiger partial charge in [0.1, 0.15) is 13.2 Å². The molecular weight excluding hydrogens is 276 g/mol. The molecule has 3 N–H and O–H groups in total. The van der Waals surface area contributed by atoms with Gasteiger partial charge in [-0.3, -0.25) is 4.79 Å². The summed E-state index contributed by atoms with van der Waals surface area (Å²) in [6.45, 7) is 3.38. The smallest absolute Gasteiger partial charge is 0.229 e. The van der Waals surface area contributed by atoms with E-state index >= 15 is 0 Å². The van der Waals surface area contributed by atoms with Gasteiger partial charge < -0.3 is 20.5 Å². The zero-order valence-electron chi connectivity index (χ0n) is 11.3. The van der Waals surface area contributed by atoms with Crippen molar-refractivity contribution in [3.8, 4) is 11.5 Å². The lowest BCUT2D eigenvalue weighted by Gasteiger charge is -2.19. The van der Waals surface area contributed by atoms with E-state index in [1.807, 2.05) is 18.2 Å². The number of nitrogens with one attached hydrogen (secondary N) is 1. The van der Waals surface area contributed by atoms with Crippen LogP contribution in [-0.2, 0) is 11.2 Å². The summed E-state index contributed by atoms with van der Waals surface area (Å²) >= 11 is 4.79. The lowest BCUT2D eigenvalue weighted by molar-refractivity contribution is -0.122. The molecule has 1 aliphatic heterocycles. The number of amides is 1. The molecular formula is C14H18N2O3S. The summed E-state index contributed by atoms with van der Waals surface area (Å²) in [6.07, 6.45) is 0.715. The Balaban J connectivity index is 1.85. The van der Waals surface area contributed by atoms with Gasteiger partial charge in [0.15, 0.2) is 11.5 Å². The third-order valence-corrected chi connectivity index (χ3v) is 3.49. The van der Waals surface area contributed by atoms with Crippen LogP contribution in [0.2, 0.25) is 0 Å². The number of hydrogen-bond donors (Lipinski definition) is 2. The number of hydrogen-bond acceptors (Lipinski definition) is 4. The highest BCUT2D eigenvalue weighted by Crippen LogP contribution is 2.30. The molecule has 0 radical (unpaired) electrons. The van der Waals surface area contributed by atoms with Gasteiger partial charge >= 0.3 is 0 Å². The monoisotopic (exact) mass is 294 g/mol. The molecule has 0 saturated heterocycles. The van der Waals surface area contributed by atoms with E-state index in [1.165, 1.54) is 0 Å². The number of benzene rings is 1. The standard InChI is InChI=1S/C14H18N2O3S/c1-9(13(15)20)14(17)16-5-4-10-2-3-11-12(8-10)19-7-6-18-11/h2-3,8-9H,4-7H2,1H3,(H2,15,20)(H,16,17). The van der Waals surface area contributed by atoms with Gasteiger partial charge in [0.05, 0.1) is 10.9 Å². The van der Waals surface area contributed by atoms with Crippen molar-refractivity contribution in [1.29, 1.82) is 0 Å². The summed E-state index contributed by atoms with van der Waals surface area (Å²) < 4.78 is 11.0. The summed E-state index contributed by atoms with van der Waals surface area (Å²) in [5.41, 5.74) is 6.52. The van der Waals surface area contributed by atoms with Crippen molar-refractivity contribution >= 4 is 23.1 Å². The predicted octanol–water partition coefficient (Wildman–Crippen LogP) is 1.04. The molecule has 0 aliphatic carbocycles. The van der Waals surface area contributed by atoms with E-state index in [0.717, 1.165) is 17.1 Å². The summed E-state index contributed by atoms with van der Waals surface area (Å²) in [6, 6.07) is 5.80. The van der Waals surface area contributed by atoms with Crippen molar-refractivity contribution < 1.29 is 14.3 Å². The lowest BCUT2D eigenvalue weighted by Crippen LogP contribution is -2.37. The zero-order chi connectivity index (χ0) is 14.5. The van der Waals surface area contributed by atoms with Crippen LogP contribution in [-0.4, -0.2) is 30.7 Å². The largest absolute Gasteiger partial charge is 0.486 e. The highest BCUT2D eigenvalue weighted by Gasteiger charge is 2.15. The van der Waals surface area contributed by atoms with Crippen LogP contribution in [0, 0.1) is 5.92 Å². The van der Waals surface area contributed by atoms with E-state index in [9.17, 15) is 4.79 Å². The van der Waals surface area contributed by atoms with Crippen molar-refractivity contribution in [2.24, 2.45) is 11.7 Å². The van der Waals surface area contributed by atoms with Crippen LogP contribution in [0.5, 0.6) is 11.5 Å². The first-order valence-corrected chi connectivity index (χ1v) is 6.94. The van der Waals surface area contributed by atoms with Crippen molar-refractivity contribution in [3.63, 3.8) is 0 Å². The molecule has 0 aromatic heterocycles. The summed E-state index contributed by atoms with van der Waals surface area (Å²) in [7, 11) is 0. The van der Waals surface area contributed by atoms with Gasteiger partial charge in [-0.05, 0) is 31.0 Å². The normalized spacial score (nSPS) is 14.4. The first-order valence-electron chi connectivity index (χ1n) is 6.53. The second kappa shape index (κ2) is 6.56. The Labute approximate surface area is 123 Å². The van der Waals surface area contributed by atoms with E-state index in [4.69, 9.17) is 27.4 Å². The van der Waals surface area contributed by atoms with Crippen LogP contribution < -0.4 is 20.5 Å². The average Bonchev–Trinajstić information content (AvgIpc) is 2.46. The molecule has 108 valence electrons. The topological polar surface area (TPSA) is 73.6 Å². The van der Waals surface area contributed by atoms with Crippen LogP contribution in [0.4, 0.5) is 0 Å². The molecule has 6 heteroatoms. The maximum absolute atomic E-state index is 11.7. The van der Waals surface area contributed by atoms with Crippen LogP contribution in [0.25, 0.3) is 0 Å². The molecule has 5 nitrogen and oxygen atoms in total. The van der Waals surface area contributed by atoms with Gasteiger partial charge in [-0.1, -0.05) is 18.3 Å². The number of carbonyl (C=O) groups is 1. The molecule has 1 amide bonds. The summed E-state index contributed by atoms with van der Waals surface area (Å²) in [4.78, 5) is 11.9. The Bertz CT molecular complexity index is 519. The van der Waals surface area contributed by atoms with Gasteiger partial charge in [0.25, 0.3) is 0 Å². The summed E-state index contributed by atoms with van der Waals surface area (Å²) in [5.74, 6) is 0.947. The number of ether oxygens (including phenoxy) is 2. The average molecular weight is 294 g/mol. The van der Waals surface area contributed by atoms with E-state index in [0.29, 0.717) is 26.2 Å². The molecule has 1 unspecified atom stereocenters. The third kappa shape index (κ3) is 3.60. The number of carbonyl (C=O) groups excluding carboxylic acids is 1. The first-order chi connectivity index (χ1) is 9.58. The Morgan fingerprint density at radius 2 is 2.10 bits per heavy atom. The van der Waals surface area contributed by atoms with Crippen LogP contribution in [0.15, 0.2) is 18.2 Å². The lowest BCUT2D eigenvalue weighted by atomic mass is 10.1. The maximum Gasteiger partial charge on any atom is 0.229 e. The van der Waals surface area contributed by atoms with E-state index in [-0.39, 0.29) is 10.9 Å². The first kappa shape index (κ1) is 14.6. The van der Waals surface area contributed by atoms with E-state index < -0.39 is 5.92 Å². The van der Waals surface area contributed by atoms with Gasteiger partial charge in [-0.2, -0.15) is 0 Å². The SMILES string of the molecule is CC(C(=O)NCCc1ccc2c(c1)OCCO2)C(N)=S. The molecule has 1 aromatic rings. The minimum atomic E-state index is -0.440. The van der Waals surface area contributed by atoms with Crippen LogP contribution in [0.3, 0.4) is 0 Å². The van der Waals surface area contributed by atoms with Crippen molar-refractivity contribution in [1.82, 2.24) is 5.32 Å². The maximum atomic E-state index is 11.7. The van der Waals surface area contributed by atoms with Crippen molar-refractivity contribution in [2.45, 2.75) is 13.3 Å². The van der Waals surface area contributed by atoms with Gasteiger partial charge in [0.2, 0.25) is 5.91 Å². The molecule has 0 bridgehead atoms. The van der Waals surface area contributed by atoms with Crippen molar-refractivity contribution in [2.75, 3.05) is 19.8 Å². The highest BCUT2D eigenvalue weighted by molar-refractivity contribution is 7.80. The quantitative estimate of drug-likeness (QED) is 0.794. The molecule has 1 heterocycles. The zero-order valence-corrected chi connectivity index (χ0v) is 12.2. The fourth-order valence-electron chi connectivity index (χ4n) is 1.86. The second-order valence-corrected chi connectivity index (χ2v) is 5.11. The molecule has 0 saturated carbocycles. The molecule has 1 aromatic carbocycles. The number of thiocarbonyl (C=S) groups is 1. The van der Waals surface area contributed by atoms with Gasteiger partial charge in [-0.25, -0.2) is 0 Å². The molecule has 20 heavy (non-hydrogen) atoms. The Morgan fingerprint density at radius 3 is 2.80 bits per heavy atom. The van der Waals surface area contributed by atoms with Crippen molar-refractivity contribution in [3.05, 3.63) is 23.8 Å². The Hall–Kier alpha value is -1.82. The number of rotatable bonds is 5. The predicted molar refractivity (Wildman–Crippen MR) is 80.1 cm³/mol. The molecule has 1 atom stereocenters. The highest BCUT2D eigenvalue weighted by atomic mass is 32.1. The molecule has 1 aliphatic rings. The fraction of sp³-hybridized carbons (Fsp3) is 0.429. The molecule has 0 fully saturated rings. The van der Waals surface area contributed by atoms with Gasteiger partial charge in [0, 0.05) is 6.54 Å². The van der Waals surface area contributed by atoms with E-state index in [1.54, 1.807) is 6.92 Å². The Morgan fingerprint density at radius 1 is 1.40 bits per heavy atom. The van der Waals surface area contributed by atoms with Crippen LogP contribution >= 0.6 is 12.2 Å². The van der Waals surface area contributed by atoms with Gasteiger partial charge in [-0.15, -0.1) is 0 Å². The fourth-order valence-corrected chi connectivity index (χ4v) is 1.96. The number of nitrogens with two attached hydrogens (primary N) is 1. The molecule has 0 spiro atoms.